The second-order valence-electron chi connectivity index (χ2n) is 5.92. The van der Waals surface area contributed by atoms with Crippen LogP contribution in [0.15, 0.2) is 60.8 Å². The van der Waals surface area contributed by atoms with Crippen molar-refractivity contribution in [2.45, 2.75) is 6.10 Å². The average molecular weight is 370 g/mol. The topological polar surface area (TPSA) is 74.3 Å². The molecule has 3 aromatic rings. The molecule has 2 N–H and O–H groups in total. The van der Waals surface area contributed by atoms with Crippen molar-refractivity contribution in [2.75, 3.05) is 0 Å². The summed E-state index contributed by atoms with van der Waals surface area (Å²) >= 11 is 0. The van der Waals surface area contributed by atoms with E-state index in [1.807, 2.05) is 0 Å². The van der Waals surface area contributed by atoms with Crippen molar-refractivity contribution in [2.24, 2.45) is 12.8 Å². The summed E-state index contributed by atoms with van der Waals surface area (Å²) in [6.45, 7) is 0. The maximum absolute atomic E-state index is 14.3. The number of nitrogens with two attached hydrogens (primary N) is 1. The van der Waals surface area contributed by atoms with Crippen LogP contribution in [-0.2, 0) is 11.8 Å². The van der Waals surface area contributed by atoms with Crippen molar-refractivity contribution >= 4 is 11.9 Å². The summed E-state index contributed by atoms with van der Waals surface area (Å²) in [6.07, 6.45) is 0.0759. The Morgan fingerprint density at radius 3 is 1.96 bits per heavy atom. The van der Waals surface area contributed by atoms with Crippen LogP contribution in [0.25, 0.3) is 0 Å². The lowest BCUT2D eigenvalue weighted by Gasteiger charge is -2.20. The zero-order valence-electron chi connectivity index (χ0n) is 14.4. The molecule has 0 saturated heterocycles. The van der Waals surface area contributed by atoms with E-state index in [2.05, 4.69) is 0 Å². The Kier molecular flexibility index (Phi) is 5.03. The van der Waals surface area contributed by atoms with Gasteiger partial charge in [0.25, 0.3) is 0 Å². The number of benzene rings is 2. The van der Waals surface area contributed by atoms with Crippen molar-refractivity contribution in [3.8, 4) is 0 Å². The predicted octanol–water partition coefficient (Wildman–Crippen LogP) is 3.35. The first kappa shape index (κ1) is 18.3. The molecular weight excluding hydrogens is 354 g/mol. The van der Waals surface area contributed by atoms with Gasteiger partial charge in [-0.15, -0.1) is 0 Å². The Hall–Kier alpha value is -3.48. The number of hydrogen-bond donors (Lipinski definition) is 1. The fraction of sp³-hybridized carbons (Fsp3) is 0.100. The molecule has 0 aliphatic carbocycles. The van der Waals surface area contributed by atoms with Gasteiger partial charge in [0, 0.05) is 24.4 Å². The molecule has 1 amide bonds. The summed E-state index contributed by atoms with van der Waals surface area (Å²) in [5.74, 6) is -2.82. The lowest BCUT2D eigenvalue weighted by Crippen LogP contribution is -2.17. The van der Waals surface area contributed by atoms with Gasteiger partial charge in [-0.2, -0.15) is 0 Å². The summed E-state index contributed by atoms with van der Waals surface area (Å²) in [5, 5.41) is 0. The first-order valence-corrected chi connectivity index (χ1v) is 8.04. The molecule has 1 heterocycles. The first-order chi connectivity index (χ1) is 12.9. The van der Waals surface area contributed by atoms with Gasteiger partial charge >= 0.3 is 5.97 Å². The minimum absolute atomic E-state index is 0.0142. The van der Waals surface area contributed by atoms with E-state index in [4.69, 9.17) is 10.5 Å². The van der Waals surface area contributed by atoms with Crippen molar-refractivity contribution < 1.29 is 23.1 Å². The van der Waals surface area contributed by atoms with Gasteiger partial charge in [0.15, 0.2) is 6.10 Å². The molecule has 0 spiro atoms. The molecule has 0 bridgehead atoms. The van der Waals surface area contributed by atoms with E-state index in [1.54, 1.807) is 12.1 Å². The number of rotatable bonds is 5. The van der Waals surface area contributed by atoms with E-state index in [0.717, 1.165) is 0 Å². The molecule has 0 radical (unpaired) electrons. The number of amides is 1. The fourth-order valence-corrected chi connectivity index (χ4v) is 2.74. The quantitative estimate of drug-likeness (QED) is 0.700. The van der Waals surface area contributed by atoms with Crippen LogP contribution >= 0.6 is 0 Å². The van der Waals surface area contributed by atoms with Crippen molar-refractivity contribution in [3.63, 3.8) is 0 Å². The smallest absolute Gasteiger partial charge is 0.355 e. The molecule has 0 saturated carbocycles. The average Bonchev–Trinajstić information content (AvgIpc) is 3.03. The van der Waals surface area contributed by atoms with Crippen LogP contribution in [0.4, 0.5) is 8.78 Å². The number of primary amides is 1. The van der Waals surface area contributed by atoms with Gasteiger partial charge in [0.1, 0.15) is 17.3 Å². The molecular formula is C20H16F2N2O3. The number of carbonyl (C=O) groups is 2. The molecule has 7 heteroatoms. The number of aryl methyl sites for hydroxylation is 1. The fourth-order valence-electron chi connectivity index (χ4n) is 2.74. The summed E-state index contributed by atoms with van der Waals surface area (Å²) in [6, 6.07) is 12.6. The minimum Gasteiger partial charge on any atom is -0.448 e. The summed E-state index contributed by atoms with van der Waals surface area (Å²) in [7, 11) is 1.53. The zero-order valence-corrected chi connectivity index (χ0v) is 14.4. The van der Waals surface area contributed by atoms with E-state index in [1.165, 1.54) is 60.3 Å². The van der Waals surface area contributed by atoms with E-state index < -0.39 is 29.6 Å². The Morgan fingerprint density at radius 2 is 1.52 bits per heavy atom. The Bertz CT molecular complexity index is 968. The predicted molar refractivity (Wildman–Crippen MR) is 94.0 cm³/mol. The van der Waals surface area contributed by atoms with Gasteiger partial charge in [0.2, 0.25) is 5.91 Å². The lowest BCUT2D eigenvalue weighted by molar-refractivity contribution is 0.0355. The monoisotopic (exact) mass is 370 g/mol. The minimum atomic E-state index is -1.30. The van der Waals surface area contributed by atoms with Gasteiger partial charge in [-0.25, -0.2) is 13.6 Å². The number of hydrogen-bond acceptors (Lipinski definition) is 3. The van der Waals surface area contributed by atoms with E-state index in [9.17, 15) is 18.4 Å². The lowest BCUT2D eigenvalue weighted by atomic mass is 10.0. The second kappa shape index (κ2) is 7.41. The van der Waals surface area contributed by atoms with Gasteiger partial charge in [-0.3, -0.25) is 4.79 Å². The maximum atomic E-state index is 14.3. The Labute approximate surface area is 154 Å². The van der Waals surface area contributed by atoms with E-state index in [0.29, 0.717) is 0 Å². The molecule has 5 nitrogen and oxygen atoms in total. The summed E-state index contributed by atoms with van der Waals surface area (Å²) < 4.78 is 35.5. The van der Waals surface area contributed by atoms with E-state index in [-0.39, 0.29) is 22.4 Å². The Balaban J connectivity index is 2.02. The van der Waals surface area contributed by atoms with Crippen LogP contribution < -0.4 is 5.73 Å². The van der Waals surface area contributed by atoms with E-state index >= 15 is 0 Å². The highest BCUT2D eigenvalue weighted by Crippen LogP contribution is 2.31. The van der Waals surface area contributed by atoms with Crippen LogP contribution in [0.2, 0.25) is 0 Å². The highest BCUT2D eigenvalue weighted by atomic mass is 19.1. The molecule has 0 aliphatic rings. The molecule has 2 aromatic carbocycles. The van der Waals surface area contributed by atoms with Crippen molar-refractivity contribution in [3.05, 3.63) is 94.8 Å². The van der Waals surface area contributed by atoms with Gasteiger partial charge in [-0.1, -0.05) is 36.4 Å². The van der Waals surface area contributed by atoms with Crippen LogP contribution in [0, 0.1) is 11.6 Å². The highest BCUT2D eigenvalue weighted by molar-refractivity contribution is 5.97. The van der Waals surface area contributed by atoms with Crippen molar-refractivity contribution in [1.29, 1.82) is 0 Å². The molecule has 138 valence electrons. The molecule has 0 aliphatic heterocycles. The van der Waals surface area contributed by atoms with Crippen molar-refractivity contribution in [1.82, 2.24) is 4.57 Å². The summed E-state index contributed by atoms with van der Waals surface area (Å²) in [5.41, 5.74) is 5.40. The van der Waals surface area contributed by atoms with Crippen LogP contribution in [0.5, 0.6) is 0 Å². The molecule has 1 aromatic heterocycles. The molecule has 0 unspecified atom stereocenters. The first-order valence-electron chi connectivity index (χ1n) is 8.04. The number of ether oxygens (including phenoxy) is 1. The largest absolute Gasteiger partial charge is 0.448 e. The van der Waals surface area contributed by atoms with Gasteiger partial charge in [-0.05, 0) is 18.2 Å². The van der Waals surface area contributed by atoms with Gasteiger partial charge < -0.3 is 15.0 Å². The number of carbonyl (C=O) groups excluding carboxylic acids is 2. The Morgan fingerprint density at radius 1 is 1.00 bits per heavy atom. The molecule has 0 fully saturated rings. The third-order valence-electron chi connectivity index (χ3n) is 4.10. The zero-order chi connectivity index (χ0) is 19.6. The SMILES string of the molecule is Cn1cc(C(N)=O)cc1C(=O)OC(c1ccccc1F)c1ccccc1F. The molecule has 0 atom stereocenters. The number of aromatic nitrogens is 1. The number of nitrogens with zero attached hydrogens (tertiary/aromatic N) is 1. The number of halogens is 2. The molecule has 27 heavy (non-hydrogen) atoms. The highest BCUT2D eigenvalue weighted by Gasteiger charge is 2.27. The molecule has 3 rings (SSSR count). The maximum Gasteiger partial charge on any atom is 0.355 e. The normalized spacial score (nSPS) is 10.8. The number of esters is 1. The van der Waals surface area contributed by atoms with Crippen LogP contribution in [0.3, 0.4) is 0 Å². The third kappa shape index (κ3) is 3.72. The van der Waals surface area contributed by atoms with Gasteiger partial charge in [0.05, 0.1) is 5.56 Å². The van der Waals surface area contributed by atoms with Crippen LogP contribution in [0.1, 0.15) is 38.1 Å². The van der Waals surface area contributed by atoms with Crippen LogP contribution in [-0.4, -0.2) is 16.4 Å². The summed E-state index contributed by atoms with van der Waals surface area (Å²) in [4.78, 5) is 23.9. The third-order valence-corrected chi connectivity index (χ3v) is 4.10. The standard InChI is InChI=1S/C20H16F2N2O3/c1-24-11-12(19(23)25)10-17(24)20(26)27-18(13-6-2-4-8-15(13)21)14-7-3-5-9-16(14)22/h2-11,18H,1H3,(H2,23,25). The second-order valence-corrected chi connectivity index (χ2v) is 5.92.